The second-order valence-corrected chi connectivity index (χ2v) is 9.22. The average molecular weight is 489 g/mol. The van der Waals surface area contributed by atoms with Gasteiger partial charge in [-0.1, -0.05) is 72.8 Å². The van der Waals surface area contributed by atoms with E-state index in [9.17, 15) is 0 Å². The van der Waals surface area contributed by atoms with E-state index in [4.69, 9.17) is 9.97 Å². The van der Waals surface area contributed by atoms with Crippen LogP contribution in [0.3, 0.4) is 0 Å². The van der Waals surface area contributed by atoms with E-state index in [1.807, 2.05) is 0 Å². The van der Waals surface area contributed by atoms with E-state index in [-0.39, 0.29) is 0 Å². The first kappa shape index (κ1) is 20.8. The lowest BCUT2D eigenvalue weighted by Gasteiger charge is -2.13. The standard InChI is InChI=1S/C32H20N6/c1-5-14-25-21(10-1)22-11-2-6-15-26(22)37(25)29-20-30(36-32(35-29)31-33-18-9-19-34-31)38-27-16-7-3-12-23(27)24-13-4-8-17-28(24)38/h1-20H. The highest BCUT2D eigenvalue weighted by Crippen LogP contribution is 2.34. The van der Waals surface area contributed by atoms with Gasteiger partial charge >= 0.3 is 0 Å². The summed E-state index contributed by atoms with van der Waals surface area (Å²) in [5.74, 6) is 2.48. The van der Waals surface area contributed by atoms with Gasteiger partial charge in [-0.2, -0.15) is 0 Å². The summed E-state index contributed by atoms with van der Waals surface area (Å²) >= 11 is 0. The third-order valence-electron chi connectivity index (χ3n) is 7.08. The molecule has 0 saturated carbocycles. The molecule has 4 aromatic heterocycles. The molecule has 0 aliphatic carbocycles. The summed E-state index contributed by atoms with van der Waals surface area (Å²) < 4.78 is 4.41. The van der Waals surface area contributed by atoms with Gasteiger partial charge in [-0.25, -0.2) is 19.9 Å². The van der Waals surface area contributed by atoms with Crippen LogP contribution in [-0.4, -0.2) is 29.1 Å². The van der Waals surface area contributed by atoms with Gasteiger partial charge in [-0.3, -0.25) is 9.13 Å². The fraction of sp³-hybridized carbons (Fsp3) is 0. The second kappa shape index (κ2) is 8.08. The number of nitrogens with zero attached hydrogens (tertiary/aromatic N) is 6. The number of hydrogen-bond acceptors (Lipinski definition) is 4. The molecule has 0 radical (unpaired) electrons. The average Bonchev–Trinajstić information content (AvgIpc) is 3.51. The normalized spacial score (nSPS) is 11.7. The van der Waals surface area contributed by atoms with E-state index < -0.39 is 0 Å². The van der Waals surface area contributed by atoms with Crippen LogP contribution < -0.4 is 0 Å². The highest BCUT2D eigenvalue weighted by molar-refractivity contribution is 6.10. The fourth-order valence-corrected chi connectivity index (χ4v) is 5.50. The molecule has 38 heavy (non-hydrogen) atoms. The van der Waals surface area contributed by atoms with Crippen LogP contribution in [0.15, 0.2) is 122 Å². The summed E-state index contributed by atoms with van der Waals surface area (Å²) in [7, 11) is 0. The molecule has 8 aromatic rings. The second-order valence-electron chi connectivity index (χ2n) is 9.22. The Balaban J connectivity index is 1.51. The molecular formula is C32H20N6. The monoisotopic (exact) mass is 488 g/mol. The van der Waals surface area contributed by atoms with Crippen molar-refractivity contribution in [2.75, 3.05) is 0 Å². The Morgan fingerprint density at radius 3 is 1.16 bits per heavy atom. The van der Waals surface area contributed by atoms with Gasteiger partial charge in [0.2, 0.25) is 5.82 Å². The molecule has 6 nitrogen and oxygen atoms in total. The predicted octanol–water partition coefficient (Wildman–Crippen LogP) is 7.13. The summed E-state index contributed by atoms with van der Waals surface area (Å²) in [6, 6.07) is 37.6. The first-order chi connectivity index (χ1) is 18.9. The molecule has 0 saturated heterocycles. The lowest BCUT2D eigenvalue weighted by atomic mass is 10.2. The van der Waals surface area contributed by atoms with Crippen LogP contribution in [0.1, 0.15) is 0 Å². The molecule has 4 heterocycles. The molecule has 6 heteroatoms. The minimum absolute atomic E-state index is 0.474. The molecule has 0 N–H and O–H groups in total. The van der Waals surface area contributed by atoms with Crippen molar-refractivity contribution in [3.63, 3.8) is 0 Å². The Kier molecular flexibility index (Phi) is 4.42. The van der Waals surface area contributed by atoms with Gasteiger partial charge in [0, 0.05) is 40.0 Å². The molecule has 0 atom stereocenters. The van der Waals surface area contributed by atoms with E-state index in [0.717, 1.165) is 33.7 Å². The van der Waals surface area contributed by atoms with Crippen molar-refractivity contribution in [2.24, 2.45) is 0 Å². The largest absolute Gasteiger partial charge is 0.294 e. The number of benzene rings is 4. The zero-order valence-electron chi connectivity index (χ0n) is 20.2. The lowest BCUT2D eigenvalue weighted by Crippen LogP contribution is -2.07. The Bertz CT molecular complexity index is 1900. The van der Waals surface area contributed by atoms with Gasteiger partial charge in [0.05, 0.1) is 22.1 Å². The summed E-state index contributed by atoms with van der Waals surface area (Å²) in [6.45, 7) is 0. The quantitative estimate of drug-likeness (QED) is 0.265. The van der Waals surface area contributed by atoms with Crippen LogP contribution in [0.4, 0.5) is 0 Å². The number of rotatable bonds is 3. The predicted molar refractivity (Wildman–Crippen MR) is 152 cm³/mol. The summed E-state index contributed by atoms with van der Waals surface area (Å²) in [5, 5.41) is 4.71. The Morgan fingerprint density at radius 2 is 0.763 bits per heavy atom. The zero-order chi connectivity index (χ0) is 25.1. The molecule has 0 amide bonds. The lowest BCUT2D eigenvalue weighted by molar-refractivity contribution is 0.974. The molecule has 0 unspecified atom stereocenters. The first-order valence-electron chi connectivity index (χ1n) is 12.5. The van der Waals surface area contributed by atoms with Crippen LogP contribution in [0, 0.1) is 0 Å². The molecule has 0 bridgehead atoms. The van der Waals surface area contributed by atoms with Crippen molar-refractivity contribution in [3.8, 4) is 23.3 Å². The van der Waals surface area contributed by atoms with Crippen molar-refractivity contribution in [3.05, 3.63) is 122 Å². The Labute approximate surface area is 217 Å². The first-order valence-corrected chi connectivity index (χ1v) is 12.5. The van der Waals surface area contributed by atoms with E-state index in [2.05, 4.69) is 122 Å². The molecule has 0 spiro atoms. The third-order valence-corrected chi connectivity index (χ3v) is 7.08. The van der Waals surface area contributed by atoms with Crippen LogP contribution in [0.5, 0.6) is 0 Å². The topological polar surface area (TPSA) is 61.4 Å². The number of fused-ring (bicyclic) bond motifs is 6. The highest BCUT2D eigenvalue weighted by Gasteiger charge is 2.19. The Morgan fingerprint density at radius 1 is 0.395 bits per heavy atom. The molecule has 0 aliphatic rings. The highest BCUT2D eigenvalue weighted by atomic mass is 15.2. The van der Waals surface area contributed by atoms with Crippen LogP contribution in [0.2, 0.25) is 0 Å². The van der Waals surface area contributed by atoms with Crippen molar-refractivity contribution < 1.29 is 0 Å². The van der Waals surface area contributed by atoms with E-state index >= 15 is 0 Å². The summed E-state index contributed by atoms with van der Waals surface area (Å²) in [5.41, 5.74) is 4.34. The SMILES string of the molecule is c1cnc(-c2nc(-n3c4ccccc4c4ccccc43)cc(-n3c4ccccc4c4ccccc43)n2)nc1. The van der Waals surface area contributed by atoms with Crippen LogP contribution in [0.25, 0.3) is 66.9 Å². The van der Waals surface area contributed by atoms with Gasteiger partial charge in [-0.15, -0.1) is 0 Å². The van der Waals surface area contributed by atoms with E-state index in [1.54, 1.807) is 18.5 Å². The fourth-order valence-electron chi connectivity index (χ4n) is 5.50. The molecule has 178 valence electrons. The molecule has 0 fully saturated rings. The maximum absolute atomic E-state index is 5.03. The molecule has 8 rings (SSSR count). The molecule has 0 aliphatic heterocycles. The summed E-state index contributed by atoms with van der Waals surface area (Å²) in [6.07, 6.45) is 3.44. The Hall–Kier alpha value is -5.36. The van der Waals surface area contributed by atoms with Crippen LogP contribution >= 0.6 is 0 Å². The van der Waals surface area contributed by atoms with Crippen molar-refractivity contribution in [1.29, 1.82) is 0 Å². The van der Waals surface area contributed by atoms with Crippen molar-refractivity contribution in [1.82, 2.24) is 29.1 Å². The van der Waals surface area contributed by atoms with Gasteiger partial charge in [0.25, 0.3) is 0 Å². The smallest absolute Gasteiger partial charge is 0.201 e. The van der Waals surface area contributed by atoms with E-state index in [0.29, 0.717) is 11.6 Å². The minimum atomic E-state index is 0.474. The van der Waals surface area contributed by atoms with Gasteiger partial charge in [0.1, 0.15) is 11.6 Å². The maximum atomic E-state index is 5.03. The van der Waals surface area contributed by atoms with E-state index in [1.165, 1.54) is 21.5 Å². The van der Waals surface area contributed by atoms with Crippen LogP contribution in [-0.2, 0) is 0 Å². The number of hydrogen-bond donors (Lipinski definition) is 0. The number of aromatic nitrogens is 6. The van der Waals surface area contributed by atoms with Gasteiger partial charge in [0.15, 0.2) is 5.82 Å². The molecule has 4 aromatic carbocycles. The van der Waals surface area contributed by atoms with Crippen molar-refractivity contribution in [2.45, 2.75) is 0 Å². The number of para-hydroxylation sites is 4. The van der Waals surface area contributed by atoms with Crippen molar-refractivity contribution >= 4 is 43.6 Å². The van der Waals surface area contributed by atoms with Gasteiger partial charge < -0.3 is 0 Å². The molecular weight excluding hydrogens is 468 g/mol. The summed E-state index contributed by atoms with van der Waals surface area (Å²) in [4.78, 5) is 19.0. The maximum Gasteiger partial charge on any atom is 0.201 e. The third kappa shape index (κ3) is 3.01. The minimum Gasteiger partial charge on any atom is -0.294 e. The zero-order valence-corrected chi connectivity index (χ0v) is 20.2. The van der Waals surface area contributed by atoms with Gasteiger partial charge in [-0.05, 0) is 30.3 Å².